The summed E-state index contributed by atoms with van der Waals surface area (Å²) in [6.07, 6.45) is 6.95. The first-order valence-electron chi connectivity index (χ1n) is 10.3. The van der Waals surface area contributed by atoms with Gasteiger partial charge in [0.15, 0.2) is 5.65 Å². The molecule has 0 radical (unpaired) electrons. The third-order valence-corrected chi connectivity index (χ3v) is 7.97. The quantitative estimate of drug-likeness (QED) is 0.649. The van der Waals surface area contributed by atoms with Crippen molar-refractivity contribution in [2.24, 2.45) is 0 Å². The average molecular weight is 429 g/mol. The van der Waals surface area contributed by atoms with Crippen molar-refractivity contribution in [3.05, 3.63) is 53.6 Å². The number of rotatable bonds is 6. The first-order valence-corrected chi connectivity index (χ1v) is 11.8. The van der Waals surface area contributed by atoms with E-state index in [0.717, 1.165) is 41.1 Å². The number of anilines is 1. The Morgan fingerprint density at radius 3 is 2.67 bits per heavy atom. The maximum absolute atomic E-state index is 12.5. The van der Waals surface area contributed by atoms with Crippen LogP contribution in [-0.2, 0) is 16.6 Å². The van der Waals surface area contributed by atoms with E-state index in [0.29, 0.717) is 19.6 Å². The molecule has 0 aromatic carbocycles. The van der Waals surface area contributed by atoms with E-state index in [1.807, 2.05) is 42.0 Å². The molecule has 0 bridgehead atoms. The molecule has 30 heavy (non-hydrogen) atoms. The van der Waals surface area contributed by atoms with Crippen LogP contribution in [0.1, 0.15) is 49.4 Å². The predicted octanol–water partition coefficient (Wildman–Crippen LogP) is 2.96. The van der Waals surface area contributed by atoms with Crippen molar-refractivity contribution < 1.29 is 8.42 Å². The van der Waals surface area contributed by atoms with E-state index in [4.69, 9.17) is 4.98 Å². The van der Waals surface area contributed by atoms with E-state index in [1.165, 1.54) is 0 Å². The SMILES string of the molecule is Cc1cnn2c(NCc3cccnc3)cc(C3CCN(S(=O)(=O)C(C)C)CC3)nc12. The molecule has 4 heterocycles. The van der Waals surface area contributed by atoms with E-state index >= 15 is 0 Å². The summed E-state index contributed by atoms with van der Waals surface area (Å²) in [6.45, 7) is 7.18. The molecule has 9 heteroatoms. The summed E-state index contributed by atoms with van der Waals surface area (Å²) < 4.78 is 28.4. The van der Waals surface area contributed by atoms with Crippen molar-refractivity contribution >= 4 is 21.5 Å². The van der Waals surface area contributed by atoms with E-state index in [-0.39, 0.29) is 11.2 Å². The first-order chi connectivity index (χ1) is 14.4. The number of aromatic nitrogens is 4. The minimum Gasteiger partial charge on any atom is -0.366 e. The van der Waals surface area contributed by atoms with Gasteiger partial charge in [-0.25, -0.2) is 17.7 Å². The van der Waals surface area contributed by atoms with Crippen molar-refractivity contribution in [2.45, 2.75) is 51.3 Å². The molecule has 1 aliphatic heterocycles. The molecule has 1 N–H and O–H groups in total. The lowest BCUT2D eigenvalue weighted by Gasteiger charge is -2.32. The molecule has 160 valence electrons. The lowest BCUT2D eigenvalue weighted by atomic mass is 9.94. The van der Waals surface area contributed by atoms with Crippen LogP contribution in [0, 0.1) is 6.92 Å². The molecule has 3 aromatic heterocycles. The number of nitrogens with zero attached hydrogens (tertiary/aromatic N) is 5. The Morgan fingerprint density at radius 1 is 1.23 bits per heavy atom. The molecule has 0 unspecified atom stereocenters. The molecule has 1 aliphatic rings. The summed E-state index contributed by atoms with van der Waals surface area (Å²) >= 11 is 0. The topological polar surface area (TPSA) is 92.5 Å². The molecule has 4 rings (SSSR count). The van der Waals surface area contributed by atoms with Crippen LogP contribution in [0.3, 0.4) is 0 Å². The zero-order valence-corrected chi connectivity index (χ0v) is 18.4. The molecule has 8 nitrogen and oxygen atoms in total. The smallest absolute Gasteiger partial charge is 0.216 e. The zero-order chi connectivity index (χ0) is 21.3. The van der Waals surface area contributed by atoms with E-state index in [2.05, 4.69) is 15.4 Å². The summed E-state index contributed by atoms with van der Waals surface area (Å²) in [4.78, 5) is 9.04. The molecule has 0 amide bonds. The van der Waals surface area contributed by atoms with Crippen LogP contribution in [0.5, 0.6) is 0 Å². The van der Waals surface area contributed by atoms with Gasteiger partial charge in [-0.3, -0.25) is 4.98 Å². The van der Waals surface area contributed by atoms with Gasteiger partial charge in [-0.2, -0.15) is 9.61 Å². The zero-order valence-electron chi connectivity index (χ0n) is 17.6. The fourth-order valence-corrected chi connectivity index (χ4v) is 5.14. The van der Waals surface area contributed by atoms with Crippen molar-refractivity contribution in [1.29, 1.82) is 0 Å². The van der Waals surface area contributed by atoms with Crippen molar-refractivity contribution in [3.63, 3.8) is 0 Å². The second kappa shape index (κ2) is 8.31. The highest BCUT2D eigenvalue weighted by atomic mass is 32.2. The molecule has 0 atom stereocenters. The molecule has 0 spiro atoms. The maximum Gasteiger partial charge on any atom is 0.216 e. The van der Waals surface area contributed by atoms with Crippen molar-refractivity contribution in [2.75, 3.05) is 18.4 Å². The van der Waals surface area contributed by atoms with E-state index < -0.39 is 10.0 Å². The summed E-state index contributed by atoms with van der Waals surface area (Å²) in [5, 5.41) is 7.54. The summed E-state index contributed by atoms with van der Waals surface area (Å²) in [5.41, 5.74) is 3.92. The Balaban J connectivity index is 1.57. The summed E-state index contributed by atoms with van der Waals surface area (Å²) in [7, 11) is -3.20. The molecule has 0 aliphatic carbocycles. The highest BCUT2D eigenvalue weighted by Crippen LogP contribution is 2.31. The minimum atomic E-state index is -3.20. The van der Waals surface area contributed by atoms with Crippen LogP contribution in [-0.4, -0.2) is 50.6 Å². The van der Waals surface area contributed by atoms with E-state index in [9.17, 15) is 8.42 Å². The van der Waals surface area contributed by atoms with Gasteiger partial charge in [0.2, 0.25) is 10.0 Å². The number of aryl methyl sites for hydroxylation is 1. The van der Waals surface area contributed by atoms with E-state index in [1.54, 1.807) is 24.3 Å². The predicted molar refractivity (Wildman–Crippen MR) is 117 cm³/mol. The van der Waals surface area contributed by atoms with Gasteiger partial charge < -0.3 is 5.32 Å². The standard InChI is InChI=1S/C21H28N6O2S/c1-15(2)30(28,29)26-9-6-18(7-10-26)19-11-20(23-14-17-5-4-8-22-13-17)27-21(25-19)16(3)12-24-27/h4-5,8,11-13,15,18,23H,6-7,9-10,14H2,1-3H3. The van der Waals surface area contributed by atoms with Crippen LogP contribution in [0.25, 0.3) is 5.65 Å². The first kappa shape index (κ1) is 20.7. The van der Waals surface area contributed by atoms with Gasteiger partial charge in [0, 0.05) is 55.3 Å². The molecular formula is C21H28N6O2S. The van der Waals surface area contributed by atoms with Crippen molar-refractivity contribution in [3.8, 4) is 0 Å². The monoisotopic (exact) mass is 428 g/mol. The Bertz CT molecular complexity index is 1120. The number of fused-ring (bicyclic) bond motifs is 1. The average Bonchev–Trinajstić information content (AvgIpc) is 3.13. The lowest BCUT2D eigenvalue weighted by Crippen LogP contribution is -2.41. The Kier molecular flexibility index (Phi) is 5.75. The lowest BCUT2D eigenvalue weighted by molar-refractivity contribution is 0.314. The number of sulfonamides is 1. The highest BCUT2D eigenvalue weighted by Gasteiger charge is 2.31. The Morgan fingerprint density at radius 2 is 2.00 bits per heavy atom. The third-order valence-electron chi connectivity index (χ3n) is 5.69. The number of hydrogen-bond donors (Lipinski definition) is 1. The summed E-state index contributed by atoms with van der Waals surface area (Å²) in [5.74, 6) is 1.10. The molecule has 3 aromatic rings. The second-order valence-corrected chi connectivity index (χ2v) is 10.6. The van der Waals surface area contributed by atoms with Gasteiger partial charge in [-0.15, -0.1) is 0 Å². The minimum absolute atomic E-state index is 0.224. The summed E-state index contributed by atoms with van der Waals surface area (Å²) in [6, 6.07) is 5.99. The van der Waals surface area contributed by atoms with Crippen LogP contribution < -0.4 is 5.32 Å². The third kappa shape index (κ3) is 4.04. The number of hydrogen-bond acceptors (Lipinski definition) is 6. The van der Waals surface area contributed by atoms with Gasteiger partial charge >= 0.3 is 0 Å². The number of piperidine rings is 1. The Labute approximate surface area is 177 Å². The Hall–Kier alpha value is -2.52. The van der Waals surface area contributed by atoms with Crippen LogP contribution in [0.15, 0.2) is 36.8 Å². The fourth-order valence-electron chi connectivity index (χ4n) is 3.83. The van der Waals surface area contributed by atoms with Gasteiger partial charge in [0.25, 0.3) is 0 Å². The highest BCUT2D eigenvalue weighted by molar-refractivity contribution is 7.89. The maximum atomic E-state index is 12.5. The van der Waals surface area contributed by atoms with Crippen LogP contribution in [0.2, 0.25) is 0 Å². The van der Waals surface area contributed by atoms with Gasteiger partial charge in [-0.05, 0) is 45.2 Å². The van der Waals surface area contributed by atoms with Crippen molar-refractivity contribution in [1.82, 2.24) is 23.9 Å². The van der Waals surface area contributed by atoms with Gasteiger partial charge in [0.05, 0.1) is 11.4 Å². The molecule has 0 saturated carbocycles. The van der Waals surface area contributed by atoms with Gasteiger partial charge in [0.1, 0.15) is 5.82 Å². The van der Waals surface area contributed by atoms with Crippen LogP contribution >= 0.6 is 0 Å². The second-order valence-electron chi connectivity index (χ2n) is 8.11. The number of nitrogens with one attached hydrogen (secondary N) is 1. The molecule has 1 saturated heterocycles. The largest absolute Gasteiger partial charge is 0.366 e. The normalized spacial score (nSPS) is 16.4. The van der Waals surface area contributed by atoms with Crippen LogP contribution in [0.4, 0.5) is 5.82 Å². The molecule has 1 fully saturated rings. The fraction of sp³-hybridized carbons (Fsp3) is 0.476. The molecular weight excluding hydrogens is 400 g/mol. The van der Waals surface area contributed by atoms with Gasteiger partial charge in [-0.1, -0.05) is 6.07 Å². The number of pyridine rings is 1.